The van der Waals surface area contributed by atoms with E-state index in [-0.39, 0.29) is 12.0 Å². The molecular weight excluding hydrogens is 318 g/mol. The summed E-state index contributed by atoms with van der Waals surface area (Å²) in [5, 5.41) is 2.98. The SMILES string of the molecule is CCCCCCCCC(=O)NCc1ccc(OCC2CO2)c(OC)c1. The van der Waals surface area contributed by atoms with Crippen LogP contribution in [0, 0.1) is 0 Å². The molecule has 1 unspecified atom stereocenters. The summed E-state index contributed by atoms with van der Waals surface area (Å²) in [5.41, 5.74) is 1.00. The van der Waals surface area contributed by atoms with Gasteiger partial charge in [-0.25, -0.2) is 0 Å². The van der Waals surface area contributed by atoms with E-state index < -0.39 is 0 Å². The fourth-order valence-corrected chi connectivity index (χ4v) is 2.64. The Morgan fingerprint density at radius 1 is 1.20 bits per heavy atom. The van der Waals surface area contributed by atoms with Gasteiger partial charge >= 0.3 is 0 Å². The number of benzene rings is 1. The number of hydrogen-bond donors (Lipinski definition) is 1. The minimum Gasteiger partial charge on any atom is -0.493 e. The minimum atomic E-state index is 0.112. The number of ether oxygens (including phenoxy) is 3. The molecule has 1 aliphatic heterocycles. The zero-order chi connectivity index (χ0) is 17.9. The maximum atomic E-state index is 11.9. The third-order valence-corrected chi connectivity index (χ3v) is 4.30. The van der Waals surface area contributed by atoms with Gasteiger partial charge < -0.3 is 19.5 Å². The Balaban J connectivity index is 1.67. The Morgan fingerprint density at radius 3 is 2.68 bits per heavy atom. The first-order chi connectivity index (χ1) is 12.2. The van der Waals surface area contributed by atoms with Gasteiger partial charge in [-0.3, -0.25) is 4.79 Å². The van der Waals surface area contributed by atoms with Crippen molar-refractivity contribution in [2.45, 2.75) is 64.5 Å². The molecule has 0 saturated carbocycles. The molecule has 5 heteroatoms. The van der Waals surface area contributed by atoms with Gasteiger partial charge in [-0.1, -0.05) is 45.1 Å². The van der Waals surface area contributed by atoms with Gasteiger partial charge in [-0.05, 0) is 24.1 Å². The highest BCUT2D eigenvalue weighted by Gasteiger charge is 2.23. The molecule has 25 heavy (non-hydrogen) atoms. The van der Waals surface area contributed by atoms with E-state index in [4.69, 9.17) is 14.2 Å². The molecule has 5 nitrogen and oxygen atoms in total. The van der Waals surface area contributed by atoms with Gasteiger partial charge in [0, 0.05) is 13.0 Å². The van der Waals surface area contributed by atoms with Crippen LogP contribution >= 0.6 is 0 Å². The van der Waals surface area contributed by atoms with E-state index in [9.17, 15) is 4.79 Å². The summed E-state index contributed by atoms with van der Waals surface area (Å²) in [6.07, 6.45) is 7.97. The molecule has 0 aromatic heterocycles. The van der Waals surface area contributed by atoms with Gasteiger partial charge in [-0.2, -0.15) is 0 Å². The van der Waals surface area contributed by atoms with Crippen molar-refractivity contribution >= 4 is 5.91 Å². The smallest absolute Gasteiger partial charge is 0.220 e. The van der Waals surface area contributed by atoms with E-state index in [1.165, 1.54) is 25.7 Å². The molecule has 1 aliphatic rings. The van der Waals surface area contributed by atoms with E-state index in [1.807, 2.05) is 18.2 Å². The standard InChI is InChI=1S/C20H31NO4/c1-3-4-5-6-7-8-9-20(22)21-13-16-10-11-18(19(12-16)23-2)25-15-17-14-24-17/h10-12,17H,3-9,13-15H2,1-2H3,(H,21,22). The van der Waals surface area contributed by atoms with Crippen molar-refractivity contribution in [3.63, 3.8) is 0 Å². The Hall–Kier alpha value is -1.75. The number of rotatable bonds is 13. The average molecular weight is 349 g/mol. The van der Waals surface area contributed by atoms with Crippen molar-refractivity contribution in [2.24, 2.45) is 0 Å². The fraction of sp³-hybridized carbons (Fsp3) is 0.650. The highest BCUT2D eigenvalue weighted by Crippen LogP contribution is 2.29. The summed E-state index contributed by atoms with van der Waals surface area (Å²) in [5.74, 6) is 1.50. The normalized spacial score (nSPS) is 15.7. The predicted octanol–water partition coefficient (Wildman–Crippen LogP) is 3.84. The molecule has 1 aromatic carbocycles. The van der Waals surface area contributed by atoms with Crippen LogP contribution in [0.3, 0.4) is 0 Å². The Morgan fingerprint density at radius 2 is 1.96 bits per heavy atom. The largest absolute Gasteiger partial charge is 0.493 e. The van der Waals surface area contributed by atoms with Gasteiger partial charge in [-0.15, -0.1) is 0 Å². The van der Waals surface area contributed by atoms with Crippen LogP contribution in [0.15, 0.2) is 18.2 Å². The summed E-state index contributed by atoms with van der Waals surface area (Å²) < 4.78 is 16.2. The fourth-order valence-electron chi connectivity index (χ4n) is 2.64. The number of carbonyl (C=O) groups is 1. The first kappa shape index (κ1) is 19.6. The van der Waals surface area contributed by atoms with Crippen molar-refractivity contribution in [2.75, 3.05) is 20.3 Å². The molecule has 1 heterocycles. The third-order valence-electron chi connectivity index (χ3n) is 4.30. The van der Waals surface area contributed by atoms with Crippen molar-refractivity contribution in [1.82, 2.24) is 5.32 Å². The predicted molar refractivity (Wildman–Crippen MR) is 98.1 cm³/mol. The van der Waals surface area contributed by atoms with Crippen molar-refractivity contribution < 1.29 is 19.0 Å². The second-order valence-electron chi connectivity index (χ2n) is 6.55. The summed E-state index contributed by atoms with van der Waals surface area (Å²) in [6, 6.07) is 5.75. The van der Waals surface area contributed by atoms with Crippen LogP contribution in [0.25, 0.3) is 0 Å². The van der Waals surface area contributed by atoms with Crippen LogP contribution in [0.5, 0.6) is 11.5 Å². The molecule has 0 radical (unpaired) electrons. The Bertz CT molecular complexity index is 528. The summed E-state index contributed by atoms with van der Waals surface area (Å²) in [4.78, 5) is 11.9. The average Bonchev–Trinajstić information content (AvgIpc) is 3.45. The van der Waals surface area contributed by atoms with E-state index >= 15 is 0 Å². The zero-order valence-electron chi connectivity index (χ0n) is 15.5. The molecule has 0 bridgehead atoms. The lowest BCUT2D eigenvalue weighted by atomic mass is 10.1. The van der Waals surface area contributed by atoms with E-state index in [0.717, 1.165) is 25.0 Å². The van der Waals surface area contributed by atoms with E-state index in [1.54, 1.807) is 7.11 Å². The van der Waals surface area contributed by atoms with Crippen LogP contribution in [0.4, 0.5) is 0 Å². The van der Waals surface area contributed by atoms with Gasteiger partial charge in [0.05, 0.1) is 13.7 Å². The number of nitrogens with one attached hydrogen (secondary N) is 1. The number of amides is 1. The molecule has 1 N–H and O–H groups in total. The highest BCUT2D eigenvalue weighted by molar-refractivity contribution is 5.75. The lowest BCUT2D eigenvalue weighted by Crippen LogP contribution is -2.22. The van der Waals surface area contributed by atoms with E-state index in [2.05, 4.69) is 12.2 Å². The van der Waals surface area contributed by atoms with Crippen LogP contribution in [0.2, 0.25) is 0 Å². The molecule has 1 amide bonds. The summed E-state index contributed by atoms with van der Waals surface area (Å²) >= 11 is 0. The van der Waals surface area contributed by atoms with Gasteiger partial charge in [0.25, 0.3) is 0 Å². The van der Waals surface area contributed by atoms with Crippen molar-refractivity contribution in [1.29, 1.82) is 0 Å². The first-order valence-electron chi connectivity index (χ1n) is 9.41. The minimum absolute atomic E-state index is 0.112. The summed E-state index contributed by atoms with van der Waals surface area (Å²) in [6.45, 7) is 4.04. The van der Waals surface area contributed by atoms with Gasteiger partial charge in [0.2, 0.25) is 5.91 Å². The molecule has 0 spiro atoms. The number of carbonyl (C=O) groups excluding carboxylic acids is 1. The molecule has 1 atom stereocenters. The van der Waals surface area contributed by atoms with Crippen LogP contribution in [-0.2, 0) is 16.1 Å². The third kappa shape index (κ3) is 7.78. The second kappa shape index (κ2) is 11.0. The van der Waals surface area contributed by atoms with Crippen LogP contribution in [-0.4, -0.2) is 32.3 Å². The molecule has 0 aliphatic carbocycles. The zero-order valence-corrected chi connectivity index (χ0v) is 15.5. The monoisotopic (exact) mass is 349 g/mol. The van der Waals surface area contributed by atoms with Crippen molar-refractivity contribution in [3.8, 4) is 11.5 Å². The number of hydrogen-bond acceptors (Lipinski definition) is 4. The van der Waals surface area contributed by atoms with Gasteiger partial charge in [0.1, 0.15) is 12.7 Å². The van der Waals surface area contributed by atoms with Gasteiger partial charge in [0.15, 0.2) is 11.5 Å². The molecular formula is C20H31NO4. The summed E-state index contributed by atoms with van der Waals surface area (Å²) in [7, 11) is 1.62. The number of epoxide rings is 1. The lowest BCUT2D eigenvalue weighted by molar-refractivity contribution is -0.121. The highest BCUT2D eigenvalue weighted by atomic mass is 16.6. The van der Waals surface area contributed by atoms with E-state index in [0.29, 0.717) is 31.1 Å². The topological polar surface area (TPSA) is 60.1 Å². The first-order valence-corrected chi connectivity index (χ1v) is 9.41. The molecule has 1 fully saturated rings. The maximum absolute atomic E-state index is 11.9. The molecule has 1 aromatic rings. The molecule has 1 saturated heterocycles. The quantitative estimate of drug-likeness (QED) is 0.434. The number of unbranched alkanes of at least 4 members (excludes halogenated alkanes) is 5. The maximum Gasteiger partial charge on any atom is 0.220 e. The number of methoxy groups -OCH3 is 1. The Labute approximate surface area is 151 Å². The molecule has 2 rings (SSSR count). The lowest BCUT2D eigenvalue weighted by Gasteiger charge is -2.12. The Kier molecular flexibility index (Phi) is 8.60. The second-order valence-corrected chi connectivity index (χ2v) is 6.55. The van der Waals surface area contributed by atoms with Crippen molar-refractivity contribution in [3.05, 3.63) is 23.8 Å². The molecule has 140 valence electrons. The van der Waals surface area contributed by atoms with Crippen LogP contribution < -0.4 is 14.8 Å². The van der Waals surface area contributed by atoms with Crippen LogP contribution in [0.1, 0.15) is 57.4 Å².